The van der Waals surface area contributed by atoms with E-state index in [-0.39, 0.29) is 11.3 Å². The number of hydrogen-bond acceptors (Lipinski definition) is 3. The topological polar surface area (TPSA) is 80.4 Å². The minimum atomic E-state index is -1.10. The molecule has 5 heteroatoms. The molecule has 0 aliphatic carbocycles. The first-order chi connectivity index (χ1) is 7.02. The number of aromatic carboxylic acids is 1. The quantitative estimate of drug-likeness (QED) is 0.607. The van der Waals surface area contributed by atoms with Gasteiger partial charge in [0.15, 0.2) is 0 Å². The van der Waals surface area contributed by atoms with Crippen molar-refractivity contribution in [2.45, 2.75) is 6.92 Å². The van der Waals surface area contributed by atoms with Gasteiger partial charge in [-0.1, -0.05) is 18.2 Å². The average molecular weight is 207 g/mol. The summed E-state index contributed by atoms with van der Waals surface area (Å²) in [6.07, 6.45) is 1.24. The SMILES string of the molecule is CC(=Cc1ccccc1C(=O)O)[N+](=O)[O-]. The van der Waals surface area contributed by atoms with Crippen LogP contribution in [-0.2, 0) is 0 Å². The van der Waals surface area contributed by atoms with Crippen LogP contribution in [-0.4, -0.2) is 16.0 Å². The first-order valence-electron chi connectivity index (χ1n) is 4.17. The normalized spacial score (nSPS) is 11.1. The predicted octanol–water partition coefficient (Wildman–Crippen LogP) is 2.02. The van der Waals surface area contributed by atoms with E-state index in [1.54, 1.807) is 12.1 Å². The zero-order chi connectivity index (χ0) is 11.4. The molecule has 78 valence electrons. The van der Waals surface area contributed by atoms with Gasteiger partial charge in [-0.2, -0.15) is 0 Å². The van der Waals surface area contributed by atoms with Gasteiger partial charge in [0.25, 0.3) is 0 Å². The molecule has 0 aliphatic heterocycles. The summed E-state index contributed by atoms with van der Waals surface area (Å²) >= 11 is 0. The van der Waals surface area contributed by atoms with Gasteiger partial charge in [0, 0.05) is 13.0 Å². The number of hydrogen-bond donors (Lipinski definition) is 1. The van der Waals surface area contributed by atoms with Gasteiger partial charge >= 0.3 is 5.97 Å². The molecule has 0 spiro atoms. The fourth-order valence-electron chi connectivity index (χ4n) is 1.10. The van der Waals surface area contributed by atoms with E-state index in [4.69, 9.17) is 5.11 Å². The minimum absolute atomic E-state index is 0.0544. The summed E-state index contributed by atoms with van der Waals surface area (Å²) in [5.41, 5.74) is 0.293. The summed E-state index contributed by atoms with van der Waals surface area (Å²) in [6, 6.07) is 6.13. The van der Waals surface area contributed by atoms with E-state index < -0.39 is 10.9 Å². The largest absolute Gasteiger partial charge is 0.478 e. The summed E-state index contributed by atoms with van der Waals surface area (Å²) in [6.45, 7) is 1.32. The van der Waals surface area contributed by atoms with Gasteiger partial charge in [-0.3, -0.25) is 10.1 Å². The molecule has 1 aromatic carbocycles. The molecule has 0 heterocycles. The van der Waals surface area contributed by atoms with Crippen LogP contribution < -0.4 is 0 Å². The van der Waals surface area contributed by atoms with E-state index in [9.17, 15) is 14.9 Å². The Labute approximate surface area is 85.8 Å². The zero-order valence-corrected chi connectivity index (χ0v) is 8.01. The van der Waals surface area contributed by atoms with Crippen LogP contribution in [0.4, 0.5) is 0 Å². The molecule has 15 heavy (non-hydrogen) atoms. The Morgan fingerprint density at radius 1 is 1.47 bits per heavy atom. The van der Waals surface area contributed by atoms with Crippen molar-refractivity contribution in [3.8, 4) is 0 Å². The number of carbonyl (C=O) groups is 1. The molecule has 1 N–H and O–H groups in total. The molecule has 0 atom stereocenters. The van der Waals surface area contributed by atoms with Crippen molar-refractivity contribution < 1.29 is 14.8 Å². The Hall–Kier alpha value is -2.17. The van der Waals surface area contributed by atoms with E-state index in [2.05, 4.69) is 0 Å². The second kappa shape index (κ2) is 4.36. The average Bonchev–Trinajstić information content (AvgIpc) is 2.18. The van der Waals surface area contributed by atoms with Crippen LogP contribution in [0.3, 0.4) is 0 Å². The summed E-state index contributed by atoms with van der Waals surface area (Å²) in [4.78, 5) is 20.6. The first-order valence-corrected chi connectivity index (χ1v) is 4.17. The van der Waals surface area contributed by atoms with Crippen LogP contribution >= 0.6 is 0 Å². The van der Waals surface area contributed by atoms with Crippen molar-refractivity contribution >= 4 is 12.0 Å². The Morgan fingerprint density at radius 3 is 2.60 bits per heavy atom. The lowest BCUT2D eigenvalue weighted by Gasteiger charge is -1.99. The van der Waals surface area contributed by atoms with Gasteiger partial charge in [0.05, 0.1) is 10.5 Å². The molecule has 0 fully saturated rings. The van der Waals surface area contributed by atoms with Crippen LogP contribution in [0.15, 0.2) is 30.0 Å². The van der Waals surface area contributed by atoms with E-state index in [0.717, 1.165) is 0 Å². The summed E-state index contributed by atoms with van der Waals surface area (Å²) in [5, 5.41) is 19.2. The lowest BCUT2D eigenvalue weighted by molar-refractivity contribution is -0.422. The Balaban J connectivity index is 3.20. The first kappa shape index (κ1) is 10.9. The highest BCUT2D eigenvalue weighted by Gasteiger charge is 2.09. The van der Waals surface area contributed by atoms with Gasteiger partial charge in [-0.15, -0.1) is 0 Å². The van der Waals surface area contributed by atoms with Crippen LogP contribution in [0.25, 0.3) is 6.08 Å². The molecule has 1 aromatic rings. The molecule has 0 aromatic heterocycles. The molecule has 0 aliphatic rings. The molecule has 0 saturated heterocycles. The summed E-state index contributed by atoms with van der Waals surface area (Å²) < 4.78 is 0. The monoisotopic (exact) mass is 207 g/mol. The third-order valence-electron chi connectivity index (χ3n) is 1.84. The second-order valence-corrected chi connectivity index (χ2v) is 2.94. The van der Waals surface area contributed by atoms with Crippen LogP contribution in [0.5, 0.6) is 0 Å². The third-order valence-corrected chi connectivity index (χ3v) is 1.84. The van der Waals surface area contributed by atoms with Crippen LogP contribution in [0, 0.1) is 10.1 Å². The van der Waals surface area contributed by atoms with Crippen molar-refractivity contribution in [3.63, 3.8) is 0 Å². The molecule has 0 saturated carbocycles. The van der Waals surface area contributed by atoms with Crippen molar-refractivity contribution in [3.05, 3.63) is 51.2 Å². The second-order valence-electron chi connectivity index (χ2n) is 2.94. The zero-order valence-electron chi connectivity index (χ0n) is 8.01. The highest BCUT2D eigenvalue weighted by molar-refractivity contribution is 5.92. The van der Waals surface area contributed by atoms with Gasteiger partial charge in [0.1, 0.15) is 0 Å². The number of carboxylic acid groups (broad SMARTS) is 1. The number of carboxylic acids is 1. The Kier molecular flexibility index (Phi) is 3.17. The van der Waals surface area contributed by atoms with E-state index in [1.807, 2.05) is 0 Å². The molecule has 0 bridgehead atoms. The van der Waals surface area contributed by atoms with Crippen molar-refractivity contribution in [1.82, 2.24) is 0 Å². The highest BCUT2D eigenvalue weighted by Crippen LogP contribution is 2.13. The summed E-state index contributed by atoms with van der Waals surface area (Å²) in [7, 11) is 0. The molecule has 0 radical (unpaired) electrons. The Morgan fingerprint density at radius 2 is 2.07 bits per heavy atom. The number of allylic oxidation sites excluding steroid dienone is 1. The van der Waals surface area contributed by atoms with Crippen LogP contribution in [0.1, 0.15) is 22.8 Å². The predicted molar refractivity (Wildman–Crippen MR) is 54.0 cm³/mol. The standard InChI is InChI=1S/C10H9NO4/c1-7(11(14)15)6-8-4-2-3-5-9(8)10(12)13/h2-6H,1H3,(H,12,13). The highest BCUT2D eigenvalue weighted by atomic mass is 16.6. The van der Waals surface area contributed by atoms with Crippen molar-refractivity contribution in [2.75, 3.05) is 0 Å². The molecule has 1 rings (SSSR count). The van der Waals surface area contributed by atoms with E-state index in [0.29, 0.717) is 5.56 Å². The molecular weight excluding hydrogens is 198 g/mol. The van der Waals surface area contributed by atoms with Crippen LogP contribution in [0.2, 0.25) is 0 Å². The maximum absolute atomic E-state index is 10.8. The van der Waals surface area contributed by atoms with E-state index in [1.165, 1.54) is 25.1 Å². The maximum Gasteiger partial charge on any atom is 0.336 e. The van der Waals surface area contributed by atoms with Crippen molar-refractivity contribution in [1.29, 1.82) is 0 Å². The molecular formula is C10H9NO4. The smallest absolute Gasteiger partial charge is 0.336 e. The number of nitrogens with zero attached hydrogens (tertiary/aromatic N) is 1. The fraction of sp³-hybridized carbons (Fsp3) is 0.100. The van der Waals surface area contributed by atoms with Gasteiger partial charge in [-0.05, 0) is 11.6 Å². The molecule has 0 amide bonds. The lowest BCUT2D eigenvalue weighted by atomic mass is 10.1. The van der Waals surface area contributed by atoms with E-state index >= 15 is 0 Å². The molecule has 5 nitrogen and oxygen atoms in total. The fourth-order valence-corrected chi connectivity index (χ4v) is 1.10. The van der Waals surface area contributed by atoms with Gasteiger partial charge < -0.3 is 5.11 Å². The number of rotatable bonds is 3. The third kappa shape index (κ3) is 2.63. The number of nitro groups is 1. The summed E-state index contributed by atoms with van der Waals surface area (Å²) in [5.74, 6) is -1.10. The minimum Gasteiger partial charge on any atom is -0.478 e. The number of benzene rings is 1. The Bertz CT molecular complexity index is 437. The lowest BCUT2D eigenvalue weighted by Crippen LogP contribution is -2.00. The van der Waals surface area contributed by atoms with Gasteiger partial charge in [-0.25, -0.2) is 4.79 Å². The maximum atomic E-state index is 10.8. The van der Waals surface area contributed by atoms with Gasteiger partial charge in [0.2, 0.25) is 5.70 Å². The van der Waals surface area contributed by atoms with Crippen molar-refractivity contribution in [2.24, 2.45) is 0 Å². The molecule has 0 unspecified atom stereocenters.